The Kier molecular flexibility index (Phi) is 5.05. The number of benzene rings is 1. The molecule has 0 saturated heterocycles. The molecule has 0 aliphatic rings. The number of ether oxygens (including phenoxy) is 3. The monoisotopic (exact) mass is 292 g/mol. The van der Waals surface area contributed by atoms with E-state index < -0.39 is 0 Å². The maximum Gasteiger partial charge on any atom is 0.203 e. The van der Waals surface area contributed by atoms with Crippen LogP contribution in [0.15, 0.2) is 22.7 Å². The lowest BCUT2D eigenvalue weighted by atomic mass is 10.1. The zero-order chi connectivity index (χ0) is 15.2. The fraction of sp³-hybridized carbons (Fsp3) is 0.400. The van der Waals surface area contributed by atoms with Gasteiger partial charge in [0.2, 0.25) is 5.75 Å². The van der Waals surface area contributed by atoms with Crippen molar-refractivity contribution >= 4 is 0 Å². The van der Waals surface area contributed by atoms with Crippen LogP contribution in [0, 0.1) is 0 Å². The number of oxazole rings is 1. The maximum absolute atomic E-state index is 5.74. The van der Waals surface area contributed by atoms with Crippen LogP contribution in [-0.4, -0.2) is 39.9 Å². The van der Waals surface area contributed by atoms with Gasteiger partial charge >= 0.3 is 0 Å². The van der Waals surface area contributed by atoms with E-state index in [1.54, 1.807) is 27.5 Å². The Morgan fingerprint density at radius 3 is 2.29 bits per heavy atom. The molecule has 1 aromatic heterocycles. The molecule has 0 saturated carbocycles. The highest BCUT2D eigenvalue weighted by atomic mass is 16.5. The van der Waals surface area contributed by atoms with Gasteiger partial charge in [0.25, 0.3) is 0 Å². The van der Waals surface area contributed by atoms with Crippen molar-refractivity contribution in [3.63, 3.8) is 0 Å². The zero-order valence-electron chi connectivity index (χ0n) is 12.7. The van der Waals surface area contributed by atoms with Gasteiger partial charge in [-0.3, -0.25) is 0 Å². The molecule has 21 heavy (non-hydrogen) atoms. The van der Waals surface area contributed by atoms with E-state index >= 15 is 0 Å². The van der Waals surface area contributed by atoms with Crippen LogP contribution in [0.3, 0.4) is 0 Å². The Bertz CT molecular complexity index is 570. The highest BCUT2D eigenvalue weighted by Gasteiger charge is 2.16. The van der Waals surface area contributed by atoms with Gasteiger partial charge in [0.05, 0.1) is 27.5 Å². The van der Waals surface area contributed by atoms with E-state index in [1.165, 1.54) is 0 Å². The van der Waals surface area contributed by atoms with Crippen molar-refractivity contribution in [3.8, 4) is 28.6 Å². The summed E-state index contributed by atoms with van der Waals surface area (Å²) in [5, 5.41) is 3.06. The number of methoxy groups -OCH3 is 3. The second-order valence-corrected chi connectivity index (χ2v) is 4.39. The number of rotatable bonds is 7. The van der Waals surface area contributed by atoms with E-state index in [0.717, 1.165) is 18.5 Å². The highest BCUT2D eigenvalue weighted by molar-refractivity contribution is 5.67. The van der Waals surface area contributed by atoms with Gasteiger partial charge in [-0.05, 0) is 19.2 Å². The third-order valence-corrected chi connectivity index (χ3v) is 3.09. The first-order chi connectivity index (χ1) is 10.2. The Labute approximate surface area is 124 Å². The van der Waals surface area contributed by atoms with Crippen molar-refractivity contribution in [2.24, 2.45) is 0 Å². The SMILES string of the molecule is CNCCc1ncc(-c2cc(OC)c(OC)c(OC)c2)o1. The summed E-state index contributed by atoms with van der Waals surface area (Å²) in [6.45, 7) is 0.815. The smallest absolute Gasteiger partial charge is 0.203 e. The minimum atomic E-state index is 0.554. The van der Waals surface area contributed by atoms with E-state index in [-0.39, 0.29) is 0 Å². The normalized spacial score (nSPS) is 10.5. The molecule has 0 unspecified atom stereocenters. The van der Waals surface area contributed by atoms with Crippen LogP contribution < -0.4 is 19.5 Å². The van der Waals surface area contributed by atoms with E-state index in [2.05, 4.69) is 10.3 Å². The first-order valence-electron chi connectivity index (χ1n) is 6.63. The van der Waals surface area contributed by atoms with Gasteiger partial charge in [0.15, 0.2) is 23.1 Å². The molecule has 0 bridgehead atoms. The van der Waals surface area contributed by atoms with Crippen molar-refractivity contribution < 1.29 is 18.6 Å². The van der Waals surface area contributed by atoms with Gasteiger partial charge in [-0.15, -0.1) is 0 Å². The van der Waals surface area contributed by atoms with Crippen LogP contribution in [0.1, 0.15) is 5.89 Å². The summed E-state index contributed by atoms with van der Waals surface area (Å²) >= 11 is 0. The van der Waals surface area contributed by atoms with Gasteiger partial charge in [-0.1, -0.05) is 0 Å². The molecular weight excluding hydrogens is 272 g/mol. The number of likely N-dealkylation sites (N-methyl/N-ethyl adjacent to an activating group) is 1. The molecule has 0 aliphatic carbocycles. The number of nitrogens with one attached hydrogen (secondary N) is 1. The largest absolute Gasteiger partial charge is 0.493 e. The van der Waals surface area contributed by atoms with Gasteiger partial charge in [-0.2, -0.15) is 0 Å². The average molecular weight is 292 g/mol. The number of hydrogen-bond donors (Lipinski definition) is 1. The van der Waals surface area contributed by atoms with E-state index in [1.807, 2.05) is 19.2 Å². The first kappa shape index (κ1) is 15.2. The lowest BCUT2D eigenvalue weighted by molar-refractivity contribution is 0.324. The van der Waals surface area contributed by atoms with Crippen LogP contribution in [0.2, 0.25) is 0 Å². The third-order valence-electron chi connectivity index (χ3n) is 3.09. The third kappa shape index (κ3) is 3.28. The Balaban J connectivity index is 2.37. The minimum Gasteiger partial charge on any atom is -0.493 e. The summed E-state index contributed by atoms with van der Waals surface area (Å²) in [4.78, 5) is 4.26. The summed E-state index contributed by atoms with van der Waals surface area (Å²) in [7, 11) is 6.63. The van der Waals surface area contributed by atoms with Crippen molar-refractivity contribution in [1.29, 1.82) is 0 Å². The Hall–Kier alpha value is -2.21. The molecule has 0 atom stereocenters. The second kappa shape index (κ2) is 6.99. The molecule has 2 aromatic rings. The van der Waals surface area contributed by atoms with Crippen molar-refractivity contribution in [1.82, 2.24) is 10.3 Å². The minimum absolute atomic E-state index is 0.554. The fourth-order valence-corrected chi connectivity index (χ4v) is 2.01. The van der Waals surface area contributed by atoms with Gasteiger partial charge in [0, 0.05) is 18.5 Å². The molecule has 1 heterocycles. The number of aromatic nitrogens is 1. The van der Waals surface area contributed by atoms with Crippen LogP contribution in [-0.2, 0) is 6.42 Å². The van der Waals surface area contributed by atoms with Gasteiger partial charge < -0.3 is 23.9 Å². The summed E-state index contributed by atoms with van der Waals surface area (Å²) in [6, 6.07) is 3.67. The van der Waals surface area contributed by atoms with Crippen molar-refractivity contribution in [2.75, 3.05) is 34.9 Å². The van der Waals surface area contributed by atoms with Crippen LogP contribution in [0.4, 0.5) is 0 Å². The predicted octanol–water partition coefficient (Wildman–Crippen LogP) is 2.13. The predicted molar refractivity (Wildman–Crippen MR) is 79.2 cm³/mol. The average Bonchev–Trinajstić information content (AvgIpc) is 3.00. The Morgan fingerprint density at radius 2 is 1.76 bits per heavy atom. The number of hydrogen-bond acceptors (Lipinski definition) is 6. The van der Waals surface area contributed by atoms with E-state index in [9.17, 15) is 0 Å². The first-order valence-corrected chi connectivity index (χ1v) is 6.63. The van der Waals surface area contributed by atoms with Gasteiger partial charge in [-0.25, -0.2) is 4.98 Å². The fourth-order valence-electron chi connectivity index (χ4n) is 2.01. The quantitative estimate of drug-likeness (QED) is 0.843. The topological polar surface area (TPSA) is 65.8 Å². The lowest BCUT2D eigenvalue weighted by Gasteiger charge is -2.13. The lowest BCUT2D eigenvalue weighted by Crippen LogP contribution is -2.10. The molecular formula is C15H20N2O4. The zero-order valence-corrected chi connectivity index (χ0v) is 12.7. The molecule has 6 nitrogen and oxygen atoms in total. The molecule has 114 valence electrons. The summed E-state index contributed by atoms with van der Waals surface area (Å²) in [5.41, 5.74) is 0.827. The van der Waals surface area contributed by atoms with Crippen LogP contribution in [0.5, 0.6) is 17.2 Å². The molecule has 1 aromatic carbocycles. The molecule has 1 N–H and O–H groups in total. The standard InChI is InChI=1S/C15H20N2O4/c1-16-6-5-14-17-9-13(21-14)10-7-11(18-2)15(20-4)12(8-10)19-3/h7-9,16H,5-6H2,1-4H3. The van der Waals surface area contributed by atoms with Crippen LogP contribution >= 0.6 is 0 Å². The number of nitrogens with zero attached hydrogens (tertiary/aromatic N) is 1. The molecule has 6 heteroatoms. The van der Waals surface area contributed by atoms with Crippen molar-refractivity contribution in [3.05, 3.63) is 24.2 Å². The molecule has 0 amide bonds. The molecule has 0 spiro atoms. The Morgan fingerprint density at radius 1 is 1.10 bits per heavy atom. The molecule has 2 rings (SSSR count). The summed E-state index contributed by atoms with van der Waals surface area (Å²) in [6.07, 6.45) is 2.44. The summed E-state index contributed by atoms with van der Waals surface area (Å²) < 4.78 is 21.7. The van der Waals surface area contributed by atoms with Crippen LogP contribution in [0.25, 0.3) is 11.3 Å². The molecule has 0 aliphatic heterocycles. The van der Waals surface area contributed by atoms with E-state index in [4.69, 9.17) is 18.6 Å². The molecule has 0 radical (unpaired) electrons. The second-order valence-electron chi connectivity index (χ2n) is 4.39. The highest BCUT2D eigenvalue weighted by Crippen LogP contribution is 2.41. The van der Waals surface area contributed by atoms with E-state index in [0.29, 0.717) is 28.9 Å². The molecule has 0 fully saturated rings. The van der Waals surface area contributed by atoms with Crippen molar-refractivity contribution in [2.45, 2.75) is 6.42 Å². The maximum atomic E-state index is 5.74. The summed E-state index contributed by atoms with van der Waals surface area (Å²) in [5.74, 6) is 3.08. The van der Waals surface area contributed by atoms with Gasteiger partial charge in [0.1, 0.15) is 0 Å².